The fraction of sp³-hybridized carbons (Fsp3) is 0.278. The van der Waals surface area contributed by atoms with Crippen LogP contribution in [0.2, 0.25) is 0 Å². The molecule has 3 heteroatoms. The van der Waals surface area contributed by atoms with Gasteiger partial charge in [-0.15, -0.1) is 0 Å². The van der Waals surface area contributed by atoms with Crippen molar-refractivity contribution in [1.29, 1.82) is 0 Å². The SMILES string of the molecule is CC(Nc1ccc(C(N)=O)cc1)c1ccc2c(c1)CCC2. The van der Waals surface area contributed by atoms with Gasteiger partial charge in [0.25, 0.3) is 0 Å². The summed E-state index contributed by atoms with van der Waals surface area (Å²) in [4.78, 5) is 11.1. The average Bonchev–Trinajstić information content (AvgIpc) is 2.95. The van der Waals surface area contributed by atoms with E-state index in [0.717, 1.165) is 5.69 Å². The van der Waals surface area contributed by atoms with E-state index in [1.165, 1.54) is 36.0 Å². The third-order valence-electron chi connectivity index (χ3n) is 4.18. The molecule has 0 heterocycles. The molecule has 0 saturated heterocycles. The topological polar surface area (TPSA) is 55.1 Å². The number of rotatable bonds is 4. The van der Waals surface area contributed by atoms with Crippen LogP contribution in [0.4, 0.5) is 5.69 Å². The molecule has 2 aromatic carbocycles. The molecule has 1 atom stereocenters. The second-order valence-electron chi connectivity index (χ2n) is 5.69. The number of aryl methyl sites for hydroxylation is 2. The Morgan fingerprint density at radius 1 is 1.10 bits per heavy atom. The maximum atomic E-state index is 11.1. The first-order valence-electron chi connectivity index (χ1n) is 7.41. The van der Waals surface area contributed by atoms with Gasteiger partial charge in [0.2, 0.25) is 5.91 Å². The number of nitrogens with one attached hydrogen (secondary N) is 1. The normalized spacial score (nSPS) is 14.5. The number of carbonyl (C=O) groups is 1. The quantitative estimate of drug-likeness (QED) is 0.901. The number of hydrogen-bond acceptors (Lipinski definition) is 2. The largest absolute Gasteiger partial charge is 0.379 e. The van der Waals surface area contributed by atoms with Crippen molar-refractivity contribution in [2.24, 2.45) is 5.73 Å². The van der Waals surface area contributed by atoms with Crippen molar-refractivity contribution in [2.75, 3.05) is 5.32 Å². The fourth-order valence-corrected chi connectivity index (χ4v) is 2.93. The number of benzene rings is 2. The Kier molecular flexibility index (Phi) is 3.65. The Morgan fingerprint density at radius 3 is 2.52 bits per heavy atom. The lowest BCUT2D eigenvalue weighted by Gasteiger charge is -2.17. The van der Waals surface area contributed by atoms with Crippen LogP contribution in [-0.2, 0) is 12.8 Å². The van der Waals surface area contributed by atoms with Gasteiger partial charge in [0.15, 0.2) is 0 Å². The summed E-state index contributed by atoms with van der Waals surface area (Å²) in [5, 5.41) is 3.46. The van der Waals surface area contributed by atoms with Crippen LogP contribution in [0.15, 0.2) is 42.5 Å². The molecule has 3 N–H and O–H groups in total. The maximum Gasteiger partial charge on any atom is 0.248 e. The molecule has 1 aliphatic carbocycles. The van der Waals surface area contributed by atoms with Crippen LogP contribution in [0.5, 0.6) is 0 Å². The summed E-state index contributed by atoms with van der Waals surface area (Å²) in [6.07, 6.45) is 3.68. The Balaban J connectivity index is 1.73. The van der Waals surface area contributed by atoms with Gasteiger partial charge in [-0.3, -0.25) is 4.79 Å². The lowest BCUT2D eigenvalue weighted by molar-refractivity contribution is 0.100. The molecule has 1 unspecified atom stereocenters. The van der Waals surface area contributed by atoms with E-state index in [-0.39, 0.29) is 6.04 Å². The molecule has 0 aromatic heterocycles. The highest BCUT2D eigenvalue weighted by molar-refractivity contribution is 5.93. The highest BCUT2D eigenvalue weighted by Crippen LogP contribution is 2.27. The lowest BCUT2D eigenvalue weighted by Crippen LogP contribution is -2.11. The molecule has 0 bridgehead atoms. The van der Waals surface area contributed by atoms with Crippen molar-refractivity contribution in [3.8, 4) is 0 Å². The van der Waals surface area contributed by atoms with Crippen LogP contribution in [-0.4, -0.2) is 5.91 Å². The summed E-state index contributed by atoms with van der Waals surface area (Å²) >= 11 is 0. The Bertz CT molecular complexity index is 661. The molecule has 0 aliphatic heterocycles. The molecular formula is C18H20N2O. The van der Waals surface area contributed by atoms with Crippen LogP contribution >= 0.6 is 0 Å². The highest BCUT2D eigenvalue weighted by atomic mass is 16.1. The van der Waals surface area contributed by atoms with Gasteiger partial charge in [-0.25, -0.2) is 0 Å². The van der Waals surface area contributed by atoms with Crippen LogP contribution in [0.3, 0.4) is 0 Å². The summed E-state index contributed by atoms with van der Waals surface area (Å²) in [6.45, 7) is 2.15. The molecule has 3 rings (SSSR count). The summed E-state index contributed by atoms with van der Waals surface area (Å²) in [5.74, 6) is -0.395. The Morgan fingerprint density at radius 2 is 1.81 bits per heavy atom. The number of primary amides is 1. The first kappa shape index (κ1) is 13.7. The van der Waals surface area contributed by atoms with E-state index in [2.05, 4.69) is 30.4 Å². The highest BCUT2D eigenvalue weighted by Gasteiger charge is 2.13. The van der Waals surface area contributed by atoms with Gasteiger partial charge >= 0.3 is 0 Å². The second kappa shape index (κ2) is 5.60. The molecule has 21 heavy (non-hydrogen) atoms. The van der Waals surface area contributed by atoms with Crippen LogP contribution in [0.1, 0.15) is 46.4 Å². The van der Waals surface area contributed by atoms with Gasteiger partial charge in [-0.2, -0.15) is 0 Å². The zero-order chi connectivity index (χ0) is 14.8. The number of nitrogens with two attached hydrogens (primary N) is 1. The van der Waals surface area contributed by atoms with Crippen molar-refractivity contribution >= 4 is 11.6 Å². The zero-order valence-electron chi connectivity index (χ0n) is 12.2. The van der Waals surface area contributed by atoms with E-state index in [1.807, 2.05) is 12.1 Å². The number of carbonyl (C=O) groups excluding carboxylic acids is 1. The molecular weight excluding hydrogens is 260 g/mol. The smallest absolute Gasteiger partial charge is 0.248 e. The van der Waals surface area contributed by atoms with Crippen molar-refractivity contribution in [3.05, 3.63) is 64.7 Å². The van der Waals surface area contributed by atoms with Crippen LogP contribution in [0.25, 0.3) is 0 Å². The van der Waals surface area contributed by atoms with Gasteiger partial charge in [0.05, 0.1) is 0 Å². The number of fused-ring (bicyclic) bond motifs is 1. The zero-order valence-corrected chi connectivity index (χ0v) is 12.2. The van der Waals surface area contributed by atoms with Crippen molar-refractivity contribution in [2.45, 2.75) is 32.2 Å². The molecule has 3 nitrogen and oxygen atoms in total. The van der Waals surface area contributed by atoms with Crippen LogP contribution < -0.4 is 11.1 Å². The van der Waals surface area contributed by atoms with E-state index in [9.17, 15) is 4.79 Å². The van der Waals surface area contributed by atoms with E-state index >= 15 is 0 Å². The summed E-state index contributed by atoms with van der Waals surface area (Å²) in [6, 6.07) is 14.3. The second-order valence-corrected chi connectivity index (χ2v) is 5.69. The number of amides is 1. The average molecular weight is 280 g/mol. The predicted octanol–water partition coefficient (Wildman–Crippen LogP) is 3.45. The minimum absolute atomic E-state index is 0.232. The fourth-order valence-electron chi connectivity index (χ4n) is 2.93. The lowest BCUT2D eigenvalue weighted by atomic mass is 10.0. The first-order valence-corrected chi connectivity index (χ1v) is 7.41. The van der Waals surface area contributed by atoms with Gasteiger partial charge in [-0.05, 0) is 67.1 Å². The Hall–Kier alpha value is -2.29. The molecule has 0 radical (unpaired) electrons. The van der Waals surface area contributed by atoms with E-state index in [1.54, 1.807) is 12.1 Å². The van der Waals surface area contributed by atoms with E-state index in [0.29, 0.717) is 5.56 Å². The van der Waals surface area contributed by atoms with Crippen LogP contribution in [0, 0.1) is 0 Å². The standard InChI is InChI=1S/C18H20N2O/c1-12(15-6-5-13-3-2-4-16(13)11-15)20-17-9-7-14(8-10-17)18(19)21/h5-12,20H,2-4H2,1H3,(H2,19,21). The summed E-state index contributed by atoms with van der Waals surface area (Å²) < 4.78 is 0. The summed E-state index contributed by atoms with van der Waals surface area (Å²) in [7, 11) is 0. The number of anilines is 1. The van der Waals surface area contributed by atoms with Gasteiger partial charge in [0.1, 0.15) is 0 Å². The summed E-state index contributed by atoms with van der Waals surface area (Å²) in [5.41, 5.74) is 11.1. The predicted molar refractivity (Wildman–Crippen MR) is 85.5 cm³/mol. The molecule has 1 amide bonds. The van der Waals surface area contributed by atoms with Gasteiger partial charge < -0.3 is 11.1 Å². The third kappa shape index (κ3) is 2.92. The van der Waals surface area contributed by atoms with Crippen molar-refractivity contribution < 1.29 is 4.79 Å². The number of hydrogen-bond donors (Lipinski definition) is 2. The minimum Gasteiger partial charge on any atom is -0.379 e. The first-order chi connectivity index (χ1) is 10.1. The molecule has 0 fully saturated rings. The van der Waals surface area contributed by atoms with Crippen molar-refractivity contribution in [3.63, 3.8) is 0 Å². The molecule has 108 valence electrons. The third-order valence-corrected chi connectivity index (χ3v) is 4.18. The maximum absolute atomic E-state index is 11.1. The van der Waals surface area contributed by atoms with Gasteiger partial charge in [-0.1, -0.05) is 18.2 Å². The van der Waals surface area contributed by atoms with Crippen molar-refractivity contribution in [1.82, 2.24) is 0 Å². The minimum atomic E-state index is -0.395. The molecule has 0 saturated carbocycles. The monoisotopic (exact) mass is 280 g/mol. The Labute approximate surface area is 125 Å². The molecule has 0 spiro atoms. The van der Waals surface area contributed by atoms with E-state index < -0.39 is 5.91 Å². The molecule has 2 aromatic rings. The van der Waals surface area contributed by atoms with E-state index in [4.69, 9.17) is 5.73 Å². The molecule has 1 aliphatic rings. The van der Waals surface area contributed by atoms with Gasteiger partial charge in [0, 0.05) is 17.3 Å².